The van der Waals surface area contributed by atoms with Crippen molar-refractivity contribution >= 4 is 30.4 Å². The largest absolute Gasteiger partial charge is 0.479 e. The van der Waals surface area contributed by atoms with E-state index in [1.807, 2.05) is 0 Å². The second-order valence-electron chi connectivity index (χ2n) is 7.11. The zero-order valence-electron chi connectivity index (χ0n) is 13.8. The molecule has 0 spiro atoms. The SMILES string of the molecule is CC1(C)N2C=NC(NCl)=C3N=CN(C32)[C@@H]2O[C@H](C(O)C(=O)O)[C@@H](O)[C@@]21O. The molecular weight excluding hydrogens is 370 g/mol. The van der Waals surface area contributed by atoms with Gasteiger partial charge in [-0.25, -0.2) is 14.8 Å². The lowest BCUT2D eigenvalue weighted by Crippen LogP contribution is -2.79. The molecule has 0 bridgehead atoms. The number of aliphatic hydroxyl groups is 3. The standard InChI is InChI=1S/C14H18ClN5O6/c1-13(2)14(25)8(22)7(6(21)11(23)24)26-12(14)19-3-16-5-9(18-15)17-4-20(13)10(5)19/h3-4,6-8,10,12,18,21-22,25H,1-2H3,(H,23,24)/t6?,7-,8-,10?,12-,14-/m1/s1. The van der Waals surface area contributed by atoms with E-state index in [1.165, 1.54) is 17.6 Å². The fourth-order valence-corrected chi connectivity index (χ4v) is 4.24. The van der Waals surface area contributed by atoms with Crippen LogP contribution in [0.4, 0.5) is 0 Å². The fourth-order valence-electron chi connectivity index (χ4n) is 4.10. The molecule has 0 radical (unpaired) electrons. The van der Waals surface area contributed by atoms with E-state index in [1.54, 1.807) is 18.7 Å². The Labute approximate surface area is 152 Å². The molecule has 0 aromatic heterocycles. The molecule has 2 saturated heterocycles. The molecule has 4 rings (SSSR count). The Morgan fingerprint density at radius 3 is 2.73 bits per heavy atom. The van der Waals surface area contributed by atoms with E-state index in [9.17, 15) is 20.1 Å². The summed E-state index contributed by atoms with van der Waals surface area (Å²) in [7, 11) is 0. The van der Waals surface area contributed by atoms with Gasteiger partial charge in [-0.15, -0.1) is 0 Å². The van der Waals surface area contributed by atoms with Crippen molar-refractivity contribution in [3.63, 3.8) is 0 Å². The average molecular weight is 388 g/mol. The van der Waals surface area contributed by atoms with E-state index >= 15 is 0 Å². The molecule has 142 valence electrons. The summed E-state index contributed by atoms with van der Waals surface area (Å²) in [4.78, 5) is 25.3. The summed E-state index contributed by atoms with van der Waals surface area (Å²) < 4.78 is 5.64. The van der Waals surface area contributed by atoms with Crippen molar-refractivity contribution in [3.8, 4) is 0 Å². The van der Waals surface area contributed by atoms with Crippen LogP contribution in [0.5, 0.6) is 0 Å². The minimum Gasteiger partial charge on any atom is -0.479 e. The molecule has 0 saturated carbocycles. The van der Waals surface area contributed by atoms with Crippen molar-refractivity contribution in [1.29, 1.82) is 0 Å². The van der Waals surface area contributed by atoms with Crippen LogP contribution in [-0.4, -0.2) is 90.7 Å². The predicted molar refractivity (Wildman–Crippen MR) is 87.8 cm³/mol. The van der Waals surface area contributed by atoms with Gasteiger partial charge in [-0.3, -0.25) is 4.84 Å². The zero-order chi connectivity index (χ0) is 19.0. The van der Waals surface area contributed by atoms with E-state index in [0.717, 1.165) is 0 Å². The lowest BCUT2D eigenvalue weighted by molar-refractivity contribution is -0.229. The van der Waals surface area contributed by atoms with Crippen molar-refractivity contribution in [2.24, 2.45) is 9.98 Å². The van der Waals surface area contributed by atoms with Gasteiger partial charge in [-0.1, -0.05) is 0 Å². The maximum Gasteiger partial charge on any atom is 0.335 e. The Morgan fingerprint density at radius 1 is 1.42 bits per heavy atom. The van der Waals surface area contributed by atoms with Gasteiger partial charge in [0.1, 0.15) is 17.9 Å². The number of nitrogens with one attached hydrogen (secondary N) is 1. The van der Waals surface area contributed by atoms with Crippen molar-refractivity contribution in [1.82, 2.24) is 14.6 Å². The Hall–Kier alpha value is -1.92. The molecule has 11 nitrogen and oxygen atoms in total. The van der Waals surface area contributed by atoms with Crippen LogP contribution in [0.2, 0.25) is 0 Å². The molecule has 0 aliphatic carbocycles. The second kappa shape index (κ2) is 5.30. The number of rotatable bonds is 3. The first-order valence-corrected chi connectivity index (χ1v) is 8.26. The van der Waals surface area contributed by atoms with Gasteiger partial charge in [0.2, 0.25) is 0 Å². The van der Waals surface area contributed by atoms with Gasteiger partial charge in [-0.2, -0.15) is 0 Å². The van der Waals surface area contributed by atoms with Gasteiger partial charge < -0.3 is 35.0 Å². The molecule has 4 aliphatic rings. The molecule has 6 atom stereocenters. The van der Waals surface area contributed by atoms with Gasteiger partial charge in [0.05, 0.1) is 18.2 Å². The Kier molecular flexibility index (Phi) is 3.57. The number of carbonyl (C=O) groups is 1. The highest BCUT2D eigenvalue weighted by Gasteiger charge is 2.72. The van der Waals surface area contributed by atoms with Gasteiger partial charge in [0, 0.05) is 11.8 Å². The first kappa shape index (κ1) is 17.5. The van der Waals surface area contributed by atoms with Crippen LogP contribution < -0.4 is 4.84 Å². The minimum absolute atomic E-state index is 0.327. The minimum atomic E-state index is -2.00. The molecule has 26 heavy (non-hydrogen) atoms. The first-order valence-electron chi connectivity index (χ1n) is 7.88. The first-order chi connectivity index (χ1) is 12.2. The molecule has 2 unspecified atom stereocenters. The number of carboxylic acid groups (broad SMARTS) is 1. The second-order valence-corrected chi connectivity index (χ2v) is 7.30. The van der Waals surface area contributed by atoms with Crippen LogP contribution in [0.3, 0.4) is 0 Å². The molecule has 2 fully saturated rings. The summed E-state index contributed by atoms with van der Waals surface area (Å²) in [6, 6.07) is 0. The topological polar surface area (TPSA) is 150 Å². The van der Waals surface area contributed by atoms with Gasteiger partial charge in [-0.05, 0) is 13.8 Å². The van der Waals surface area contributed by atoms with Gasteiger partial charge in [0.15, 0.2) is 29.9 Å². The number of aliphatic imine (C=N–C) groups is 2. The average Bonchev–Trinajstić information content (AvgIpc) is 3.14. The van der Waals surface area contributed by atoms with Gasteiger partial charge >= 0.3 is 5.97 Å². The monoisotopic (exact) mass is 387 g/mol. The van der Waals surface area contributed by atoms with Crippen LogP contribution in [0, 0.1) is 0 Å². The van der Waals surface area contributed by atoms with E-state index in [0.29, 0.717) is 11.5 Å². The van der Waals surface area contributed by atoms with Crippen LogP contribution in [0.15, 0.2) is 21.5 Å². The Bertz CT molecular complexity index is 756. The van der Waals surface area contributed by atoms with E-state index < -0.39 is 47.8 Å². The normalized spacial score (nSPS) is 40.5. The highest BCUT2D eigenvalue weighted by Crippen LogP contribution is 2.51. The molecule has 12 heteroatoms. The van der Waals surface area contributed by atoms with Crippen molar-refractivity contribution in [3.05, 3.63) is 11.5 Å². The molecule has 0 aromatic rings. The van der Waals surface area contributed by atoms with Gasteiger partial charge in [0.25, 0.3) is 0 Å². The number of halogens is 1. The third-order valence-corrected chi connectivity index (χ3v) is 5.83. The van der Waals surface area contributed by atoms with Crippen molar-refractivity contribution in [2.75, 3.05) is 0 Å². The van der Waals surface area contributed by atoms with Crippen LogP contribution in [0.1, 0.15) is 13.8 Å². The highest BCUT2D eigenvalue weighted by atomic mass is 35.5. The fraction of sp³-hybridized carbons (Fsp3) is 0.643. The Balaban J connectivity index is 1.82. The molecule has 4 aliphatic heterocycles. The summed E-state index contributed by atoms with van der Waals surface area (Å²) in [5.41, 5.74) is -2.60. The van der Waals surface area contributed by atoms with Crippen LogP contribution in [0.25, 0.3) is 0 Å². The quantitative estimate of drug-likeness (QED) is 0.345. The summed E-state index contributed by atoms with van der Waals surface area (Å²) in [5.74, 6) is -1.23. The third-order valence-electron chi connectivity index (χ3n) is 5.65. The predicted octanol–water partition coefficient (Wildman–Crippen LogP) is -2.03. The number of aliphatic hydroxyl groups excluding tert-OH is 2. The highest BCUT2D eigenvalue weighted by molar-refractivity contribution is 6.14. The number of ether oxygens (including phenoxy) is 1. The maximum atomic E-state index is 11.4. The molecule has 0 amide bonds. The smallest absolute Gasteiger partial charge is 0.335 e. The zero-order valence-corrected chi connectivity index (χ0v) is 14.6. The van der Waals surface area contributed by atoms with Crippen LogP contribution >= 0.6 is 11.8 Å². The molecule has 0 aromatic carbocycles. The summed E-state index contributed by atoms with van der Waals surface area (Å²) in [6.45, 7) is 3.33. The number of fused-ring (bicyclic) bond motifs is 2. The summed E-state index contributed by atoms with van der Waals surface area (Å²) >= 11 is 5.68. The van der Waals surface area contributed by atoms with E-state index in [-0.39, 0.29) is 0 Å². The number of aliphatic carboxylic acids is 1. The number of nitrogens with zero attached hydrogens (tertiary/aromatic N) is 4. The number of carboxylic acids is 1. The maximum absolute atomic E-state index is 11.4. The van der Waals surface area contributed by atoms with Crippen molar-refractivity contribution < 1.29 is 30.0 Å². The van der Waals surface area contributed by atoms with E-state index in [2.05, 4.69) is 14.8 Å². The van der Waals surface area contributed by atoms with E-state index in [4.69, 9.17) is 21.6 Å². The molecule has 5 N–H and O–H groups in total. The number of hydrogen-bond donors (Lipinski definition) is 5. The number of hydrogen-bond acceptors (Lipinski definition) is 10. The Morgan fingerprint density at radius 2 is 2.12 bits per heavy atom. The lowest BCUT2D eigenvalue weighted by atomic mass is 9.72. The summed E-state index contributed by atoms with van der Waals surface area (Å²) in [6.07, 6.45) is -4.00. The van der Waals surface area contributed by atoms with Crippen LogP contribution in [-0.2, 0) is 9.53 Å². The summed E-state index contributed by atoms with van der Waals surface area (Å²) in [5, 5.41) is 41.2. The van der Waals surface area contributed by atoms with Crippen molar-refractivity contribution in [2.45, 2.75) is 55.7 Å². The third kappa shape index (κ3) is 1.84. The lowest BCUT2D eigenvalue weighted by Gasteiger charge is -2.59. The molecular formula is C14H18ClN5O6. The molecule has 4 heterocycles.